The molecule has 1 unspecified atom stereocenters. The second-order valence-electron chi connectivity index (χ2n) is 7.83. The van der Waals surface area contributed by atoms with Crippen molar-refractivity contribution in [3.8, 4) is 34.3 Å². The Bertz CT molecular complexity index is 1520. The number of anilines is 1. The molecule has 5 rings (SSSR count). The van der Waals surface area contributed by atoms with Gasteiger partial charge in [0.2, 0.25) is 0 Å². The van der Waals surface area contributed by atoms with Gasteiger partial charge in [0.15, 0.2) is 11.6 Å². The number of nitrogens with two attached hydrogens (primary N) is 1. The van der Waals surface area contributed by atoms with E-state index in [4.69, 9.17) is 10.5 Å². The highest BCUT2D eigenvalue weighted by Gasteiger charge is 2.26. The van der Waals surface area contributed by atoms with E-state index in [0.717, 1.165) is 0 Å². The third-order valence-electron chi connectivity index (χ3n) is 5.82. The van der Waals surface area contributed by atoms with E-state index < -0.39 is 11.9 Å². The number of aryl methyl sites for hydroxylation is 1. The Morgan fingerprint density at radius 1 is 1.24 bits per heavy atom. The van der Waals surface area contributed by atoms with Crippen LogP contribution < -0.4 is 16.0 Å². The molecule has 0 amide bonds. The Hall–Kier alpha value is -4.46. The zero-order chi connectivity index (χ0) is 23.4. The molecule has 3 aromatic heterocycles. The normalized spacial score (nSPS) is 14.7. The fraction of sp³-hybridized carbons (Fsp3) is 0.227. The standard InChI is InChI=1S/C22H19FN8O2/c1-11-14-6-12(23)4-5-13(14)17-8-20(32)30(3)31(17)10-16-21(18(9-24)29(2)28-16)15-7-19(33-11)22(25)27-26-15/h4-8,11H,10H2,1-3H3,(H2,25,27). The first-order valence-electron chi connectivity index (χ1n) is 10.1. The second-order valence-corrected chi connectivity index (χ2v) is 7.83. The van der Waals surface area contributed by atoms with E-state index in [2.05, 4.69) is 21.4 Å². The molecule has 1 aliphatic heterocycles. The van der Waals surface area contributed by atoms with Crippen molar-refractivity contribution in [3.63, 3.8) is 0 Å². The summed E-state index contributed by atoms with van der Waals surface area (Å²) in [7, 11) is 3.29. The summed E-state index contributed by atoms with van der Waals surface area (Å²) >= 11 is 0. The number of hydrogen-bond donors (Lipinski definition) is 1. The first kappa shape index (κ1) is 20.4. The Morgan fingerprint density at radius 2 is 2.03 bits per heavy atom. The minimum atomic E-state index is -0.637. The number of aromatic nitrogens is 6. The van der Waals surface area contributed by atoms with Crippen LogP contribution in [-0.4, -0.2) is 29.3 Å². The van der Waals surface area contributed by atoms with Gasteiger partial charge in [-0.1, -0.05) is 0 Å². The van der Waals surface area contributed by atoms with Gasteiger partial charge in [0.25, 0.3) is 5.56 Å². The molecule has 1 aliphatic rings. The molecule has 2 N–H and O–H groups in total. The number of ether oxygens (including phenoxy) is 1. The fourth-order valence-corrected chi connectivity index (χ4v) is 4.16. The molecule has 1 aromatic carbocycles. The minimum absolute atomic E-state index is 0.0566. The molecule has 0 saturated heterocycles. The number of nitrogens with zero attached hydrogens (tertiary/aromatic N) is 7. The van der Waals surface area contributed by atoms with Gasteiger partial charge in [0, 0.05) is 37.4 Å². The first-order valence-corrected chi connectivity index (χ1v) is 10.1. The molecule has 0 spiro atoms. The van der Waals surface area contributed by atoms with Crippen LogP contribution in [-0.2, 0) is 20.6 Å². The Kier molecular flexibility index (Phi) is 4.52. The highest BCUT2D eigenvalue weighted by atomic mass is 19.1. The van der Waals surface area contributed by atoms with Gasteiger partial charge in [-0.2, -0.15) is 10.4 Å². The van der Waals surface area contributed by atoms with Crippen molar-refractivity contribution in [1.82, 2.24) is 29.3 Å². The molecule has 2 bridgehead atoms. The zero-order valence-electron chi connectivity index (χ0n) is 18.1. The largest absolute Gasteiger partial charge is 0.482 e. The SMILES string of the molecule is CC1Oc2cc(nnc2N)-c2c(nn(C)c2C#N)Cn2c(cc(=O)n2C)-c2ccc(F)cc21. The molecule has 33 heavy (non-hydrogen) atoms. The molecular formula is C22H19FN8O2. The lowest BCUT2D eigenvalue weighted by Gasteiger charge is -2.21. The molecule has 10 nitrogen and oxygen atoms in total. The van der Waals surface area contributed by atoms with Crippen LogP contribution in [0.3, 0.4) is 0 Å². The lowest BCUT2D eigenvalue weighted by atomic mass is 9.99. The maximum absolute atomic E-state index is 14.2. The van der Waals surface area contributed by atoms with Crippen molar-refractivity contribution in [2.45, 2.75) is 19.6 Å². The topological polar surface area (TPSA) is 130 Å². The minimum Gasteiger partial charge on any atom is -0.482 e. The number of halogens is 1. The highest BCUT2D eigenvalue weighted by molar-refractivity contribution is 5.71. The Morgan fingerprint density at radius 3 is 2.79 bits per heavy atom. The monoisotopic (exact) mass is 446 g/mol. The molecule has 4 aromatic rings. The lowest BCUT2D eigenvalue weighted by molar-refractivity contribution is 0.227. The number of nitriles is 1. The summed E-state index contributed by atoms with van der Waals surface area (Å²) in [6, 6.07) is 9.55. The van der Waals surface area contributed by atoms with Crippen LogP contribution in [0.15, 0.2) is 35.1 Å². The van der Waals surface area contributed by atoms with Crippen LogP contribution in [0.1, 0.15) is 30.0 Å². The second kappa shape index (κ2) is 7.30. The molecule has 166 valence electrons. The lowest BCUT2D eigenvalue weighted by Crippen LogP contribution is -2.21. The zero-order valence-corrected chi connectivity index (χ0v) is 18.1. The first-order chi connectivity index (χ1) is 15.8. The molecule has 0 fully saturated rings. The number of rotatable bonds is 0. The van der Waals surface area contributed by atoms with Crippen LogP contribution in [0.2, 0.25) is 0 Å². The average Bonchev–Trinajstić information content (AvgIpc) is 3.25. The Labute approximate surface area is 187 Å². The Balaban J connectivity index is 1.88. The van der Waals surface area contributed by atoms with E-state index in [1.165, 1.54) is 27.6 Å². The van der Waals surface area contributed by atoms with Gasteiger partial charge >= 0.3 is 0 Å². The van der Waals surface area contributed by atoms with Crippen molar-refractivity contribution in [2.75, 3.05) is 5.73 Å². The van der Waals surface area contributed by atoms with Gasteiger partial charge in [-0.05, 0) is 25.1 Å². The molecule has 0 saturated carbocycles. The quantitative estimate of drug-likeness (QED) is 0.438. The van der Waals surface area contributed by atoms with Crippen LogP contribution >= 0.6 is 0 Å². The van der Waals surface area contributed by atoms with E-state index in [-0.39, 0.29) is 29.4 Å². The summed E-state index contributed by atoms with van der Waals surface area (Å²) in [5, 5.41) is 22.5. The maximum atomic E-state index is 14.2. The van der Waals surface area contributed by atoms with Gasteiger partial charge in [-0.15, -0.1) is 10.2 Å². The third-order valence-corrected chi connectivity index (χ3v) is 5.82. The van der Waals surface area contributed by atoms with E-state index in [1.54, 1.807) is 37.8 Å². The molecule has 11 heteroatoms. The summed E-state index contributed by atoms with van der Waals surface area (Å²) < 4.78 is 25.0. The maximum Gasteiger partial charge on any atom is 0.267 e. The van der Waals surface area contributed by atoms with E-state index >= 15 is 0 Å². The van der Waals surface area contributed by atoms with E-state index in [1.807, 2.05) is 0 Å². The molecular weight excluding hydrogens is 427 g/mol. The van der Waals surface area contributed by atoms with Crippen molar-refractivity contribution in [2.24, 2.45) is 14.1 Å². The molecule has 0 aliphatic carbocycles. The fourth-order valence-electron chi connectivity index (χ4n) is 4.16. The van der Waals surface area contributed by atoms with Crippen LogP contribution in [0.5, 0.6) is 5.75 Å². The van der Waals surface area contributed by atoms with Gasteiger partial charge in [0.05, 0.1) is 23.5 Å². The smallest absolute Gasteiger partial charge is 0.267 e. The number of fused-ring (bicyclic) bond motifs is 7. The van der Waals surface area contributed by atoms with Crippen LogP contribution in [0, 0.1) is 17.1 Å². The summed E-state index contributed by atoms with van der Waals surface area (Å²) in [4.78, 5) is 12.7. The van der Waals surface area contributed by atoms with Crippen molar-refractivity contribution in [3.05, 3.63) is 63.5 Å². The van der Waals surface area contributed by atoms with Gasteiger partial charge in [-0.3, -0.25) is 18.8 Å². The summed E-state index contributed by atoms with van der Waals surface area (Å²) in [5.41, 5.74) is 9.10. The van der Waals surface area contributed by atoms with Crippen LogP contribution in [0.25, 0.3) is 22.5 Å². The third kappa shape index (κ3) is 3.15. The summed E-state index contributed by atoms with van der Waals surface area (Å²) in [6.45, 7) is 1.91. The highest BCUT2D eigenvalue weighted by Crippen LogP contribution is 2.36. The molecule has 1 atom stereocenters. The van der Waals surface area contributed by atoms with Crippen molar-refractivity contribution >= 4 is 5.82 Å². The predicted octanol–water partition coefficient (Wildman–Crippen LogP) is 2.14. The molecule has 0 radical (unpaired) electrons. The van der Waals surface area contributed by atoms with Gasteiger partial charge in [0.1, 0.15) is 29.4 Å². The summed E-state index contributed by atoms with van der Waals surface area (Å²) in [6.07, 6.45) is -0.637. The van der Waals surface area contributed by atoms with Crippen molar-refractivity contribution < 1.29 is 9.13 Å². The number of benzene rings is 1. The average molecular weight is 446 g/mol. The number of nitrogen functional groups attached to an aromatic ring is 1. The van der Waals surface area contributed by atoms with Gasteiger partial charge < -0.3 is 10.5 Å². The predicted molar refractivity (Wildman–Crippen MR) is 117 cm³/mol. The van der Waals surface area contributed by atoms with Gasteiger partial charge in [-0.25, -0.2) is 4.39 Å². The summed E-state index contributed by atoms with van der Waals surface area (Å²) in [5.74, 6) is -0.137. The van der Waals surface area contributed by atoms with Crippen molar-refractivity contribution in [1.29, 1.82) is 5.26 Å². The molecule has 4 heterocycles. The van der Waals surface area contributed by atoms with E-state index in [9.17, 15) is 14.4 Å². The number of hydrogen-bond acceptors (Lipinski definition) is 7. The van der Waals surface area contributed by atoms with Crippen LogP contribution in [0.4, 0.5) is 10.2 Å². The van der Waals surface area contributed by atoms with E-state index in [0.29, 0.717) is 33.8 Å².